The molecule has 2 amide bonds. The Morgan fingerprint density at radius 1 is 1.00 bits per heavy atom. The molecule has 1 fully saturated rings. The molecule has 2 aliphatic heterocycles. The predicted octanol–water partition coefficient (Wildman–Crippen LogP) is 2.48. The van der Waals surface area contributed by atoms with Crippen molar-refractivity contribution in [1.29, 1.82) is 0 Å². The van der Waals surface area contributed by atoms with Gasteiger partial charge in [-0.15, -0.1) is 0 Å². The summed E-state index contributed by atoms with van der Waals surface area (Å²) < 4.78 is 33.7. The van der Waals surface area contributed by atoms with Crippen molar-refractivity contribution in [3.05, 3.63) is 52.6 Å². The van der Waals surface area contributed by atoms with Crippen LogP contribution in [0.5, 0.6) is 5.75 Å². The van der Waals surface area contributed by atoms with Crippen LogP contribution >= 0.6 is 0 Å². The number of carbonyl (C=O) groups is 2. The lowest BCUT2D eigenvalue weighted by Gasteiger charge is -2.34. The van der Waals surface area contributed by atoms with Gasteiger partial charge in [-0.3, -0.25) is 9.59 Å². The molecule has 0 spiro atoms. The number of benzene rings is 2. The Labute approximate surface area is 188 Å². The third kappa shape index (κ3) is 4.10. The van der Waals surface area contributed by atoms with Crippen LogP contribution in [-0.2, 0) is 14.8 Å². The molecule has 32 heavy (non-hydrogen) atoms. The number of amides is 2. The first kappa shape index (κ1) is 22.3. The second-order valence-electron chi connectivity index (χ2n) is 8.44. The molecule has 0 saturated carbocycles. The largest absolute Gasteiger partial charge is 0.479 e. The minimum absolute atomic E-state index is 0.0862. The summed E-state index contributed by atoms with van der Waals surface area (Å²) in [7, 11) is -3.78. The Kier molecular flexibility index (Phi) is 5.72. The molecule has 2 aromatic rings. The molecule has 0 aromatic heterocycles. The molecular formula is C23H27N3O5S. The van der Waals surface area contributed by atoms with Gasteiger partial charge in [0.05, 0.1) is 10.6 Å². The molecule has 2 aromatic carbocycles. The van der Waals surface area contributed by atoms with Gasteiger partial charge in [0.25, 0.3) is 11.8 Å². The average Bonchev–Trinajstić information content (AvgIpc) is 2.73. The zero-order valence-electron chi connectivity index (χ0n) is 18.6. The Hall–Kier alpha value is -2.91. The first-order valence-corrected chi connectivity index (χ1v) is 12.0. The number of nitrogens with zero attached hydrogens (tertiary/aromatic N) is 2. The smallest absolute Gasteiger partial charge is 0.265 e. The van der Waals surface area contributed by atoms with Crippen molar-refractivity contribution < 1.29 is 22.7 Å². The average molecular weight is 458 g/mol. The van der Waals surface area contributed by atoms with Crippen LogP contribution in [0.25, 0.3) is 0 Å². The summed E-state index contributed by atoms with van der Waals surface area (Å²) in [4.78, 5) is 26.6. The van der Waals surface area contributed by atoms with Crippen molar-refractivity contribution in [2.75, 3.05) is 31.5 Å². The number of hydrogen-bond donors (Lipinski definition) is 1. The second-order valence-corrected chi connectivity index (χ2v) is 10.3. The molecule has 1 N–H and O–H groups in total. The summed E-state index contributed by atoms with van der Waals surface area (Å²) in [6.45, 7) is 8.26. The summed E-state index contributed by atoms with van der Waals surface area (Å²) in [5, 5.41) is 2.73. The van der Waals surface area contributed by atoms with Crippen LogP contribution < -0.4 is 10.1 Å². The monoisotopic (exact) mass is 457 g/mol. The van der Waals surface area contributed by atoms with E-state index in [2.05, 4.69) is 5.32 Å². The number of anilines is 1. The number of fused-ring (bicyclic) bond motifs is 1. The molecule has 1 saturated heterocycles. The van der Waals surface area contributed by atoms with E-state index in [0.717, 1.165) is 11.1 Å². The lowest BCUT2D eigenvalue weighted by atomic mass is 10.1. The van der Waals surface area contributed by atoms with Crippen molar-refractivity contribution in [2.24, 2.45) is 0 Å². The Morgan fingerprint density at radius 3 is 2.25 bits per heavy atom. The lowest BCUT2D eigenvalue weighted by molar-refractivity contribution is -0.122. The first-order chi connectivity index (χ1) is 15.1. The highest BCUT2D eigenvalue weighted by molar-refractivity contribution is 7.89. The number of ether oxygens (including phenoxy) is 1. The number of hydrogen-bond acceptors (Lipinski definition) is 5. The number of nitrogens with one attached hydrogen (secondary N) is 1. The van der Waals surface area contributed by atoms with Gasteiger partial charge >= 0.3 is 0 Å². The van der Waals surface area contributed by atoms with Crippen molar-refractivity contribution >= 4 is 27.5 Å². The quantitative estimate of drug-likeness (QED) is 0.764. The van der Waals surface area contributed by atoms with Crippen molar-refractivity contribution in [3.63, 3.8) is 0 Å². The highest BCUT2D eigenvalue weighted by Crippen LogP contribution is 2.35. The van der Waals surface area contributed by atoms with E-state index in [1.807, 2.05) is 32.0 Å². The minimum Gasteiger partial charge on any atom is -0.479 e. The topological polar surface area (TPSA) is 96.0 Å². The fourth-order valence-corrected chi connectivity index (χ4v) is 5.82. The minimum atomic E-state index is -3.78. The van der Waals surface area contributed by atoms with Gasteiger partial charge in [-0.25, -0.2) is 8.42 Å². The van der Waals surface area contributed by atoms with E-state index in [0.29, 0.717) is 35.7 Å². The van der Waals surface area contributed by atoms with Crippen LogP contribution in [0.4, 0.5) is 5.69 Å². The molecule has 8 nitrogen and oxygen atoms in total. The van der Waals surface area contributed by atoms with E-state index in [1.54, 1.807) is 24.8 Å². The third-order valence-corrected chi connectivity index (χ3v) is 7.86. The molecule has 4 rings (SSSR count). The number of piperazine rings is 1. The van der Waals surface area contributed by atoms with Gasteiger partial charge in [0.15, 0.2) is 6.10 Å². The number of sulfonamides is 1. The van der Waals surface area contributed by atoms with E-state index < -0.39 is 16.1 Å². The maximum atomic E-state index is 13.4. The fraction of sp³-hybridized carbons (Fsp3) is 0.391. The van der Waals surface area contributed by atoms with Crippen molar-refractivity contribution in [3.8, 4) is 5.75 Å². The number of aryl methyl sites for hydroxylation is 3. The lowest BCUT2D eigenvalue weighted by Crippen LogP contribution is -2.50. The van der Waals surface area contributed by atoms with E-state index in [4.69, 9.17) is 4.74 Å². The summed E-state index contributed by atoms with van der Waals surface area (Å²) >= 11 is 0. The number of rotatable bonds is 3. The van der Waals surface area contributed by atoms with E-state index >= 15 is 0 Å². The molecule has 0 aliphatic carbocycles. The molecule has 170 valence electrons. The van der Waals surface area contributed by atoms with Gasteiger partial charge in [0, 0.05) is 37.8 Å². The molecule has 1 atom stereocenters. The Balaban J connectivity index is 1.51. The summed E-state index contributed by atoms with van der Waals surface area (Å²) in [6, 6.07) is 8.82. The molecule has 2 aliphatic rings. The van der Waals surface area contributed by atoms with Gasteiger partial charge in [0.1, 0.15) is 5.75 Å². The van der Waals surface area contributed by atoms with Gasteiger partial charge in [-0.05, 0) is 51.5 Å². The SMILES string of the molecule is Cc1cc(C)cc(C(=O)N2CCN(S(=O)(=O)c3cc4c(cc3C)NC(=O)C(C)O4)CC2)c1. The van der Waals surface area contributed by atoms with Gasteiger partial charge < -0.3 is 15.0 Å². The van der Waals surface area contributed by atoms with Crippen LogP contribution in [0.3, 0.4) is 0 Å². The summed E-state index contributed by atoms with van der Waals surface area (Å²) in [5.74, 6) is -0.0149. The van der Waals surface area contributed by atoms with Crippen LogP contribution in [0.15, 0.2) is 35.2 Å². The second kappa shape index (κ2) is 8.22. The predicted molar refractivity (Wildman–Crippen MR) is 120 cm³/mol. The highest BCUT2D eigenvalue weighted by atomic mass is 32.2. The van der Waals surface area contributed by atoms with E-state index in [1.165, 1.54) is 10.4 Å². The first-order valence-electron chi connectivity index (χ1n) is 10.6. The van der Waals surface area contributed by atoms with Gasteiger partial charge in [-0.2, -0.15) is 4.31 Å². The Morgan fingerprint density at radius 2 is 1.62 bits per heavy atom. The molecule has 0 bridgehead atoms. The standard InChI is InChI=1S/C23H27N3O5S/c1-14-9-15(2)11-18(10-14)23(28)25-5-7-26(8-6-25)32(29,30)21-13-20-19(12-16(21)3)24-22(27)17(4)31-20/h9-13,17H,5-8H2,1-4H3,(H,24,27). The summed E-state index contributed by atoms with van der Waals surface area (Å²) in [6.07, 6.45) is -0.694. The molecule has 9 heteroatoms. The van der Waals surface area contributed by atoms with Gasteiger partial charge in [-0.1, -0.05) is 17.2 Å². The zero-order chi connectivity index (χ0) is 23.2. The fourth-order valence-electron chi connectivity index (χ4n) is 4.17. The maximum absolute atomic E-state index is 13.4. The van der Waals surface area contributed by atoms with Crippen LogP contribution in [0.1, 0.15) is 34.0 Å². The summed E-state index contributed by atoms with van der Waals surface area (Å²) in [5.41, 5.74) is 3.65. The zero-order valence-corrected chi connectivity index (χ0v) is 19.5. The van der Waals surface area contributed by atoms with E-state index in [9.17, 15) is 18.0 Å². The Bertz CT molecular complexity index is 1180. The van der Waals surface area contributed by atoms with Crippen LogP contribution in [0.2, 0.25) is 0 Å². The highest BCUT2D eigenvalue weighted by Gasteiger charge is 2.33. The van der Waals surface area contributed by atoms with Crippen molar-refractivity contribution in [2.45, 2.75) is 38.7 Å². The third-order valence-electron chi connectivity index (χ3n) is 5.82. The maximum Gasteiger partial charge on any atom is 0.265 e. The molecule has 1 unspecified atom stereocenters. The normalized spacial score (nSPS) is 19.2. The molecule has 2 heterocycles. The molecule has 0 radical (unpaired) electrons. The van der Waals surface area contributed by atoms with E-state index in [-0.39, 0.29) is 29.8 Å². The molecular weight excluding hydrogens is 430 g/mol. The van der Waals surface area contributed by atoms with Crippen LogP contribution in [0, 0.1) is 20.8 Å². The number of carbonyl (C=O) groups excluding carboxylic acids is 2. The van der Waals surface area contributed by atoms with Crippen LogP contribution in [-0.4, -0.2) is 61.7 Å². The van der Waals surface area contributed by atoms with Crippen molar-refractivity contribution in [1.82, 2.24) is 9.21 Å². The van der Waals surface area contributed by atoms with Gasteiger partial charge in [0.2, 0.25) is 10.0 Å².